The van der Waals surface area contributed by atoms with Gasteiger partial charge in [-0.1, -0.05) is 18.2 Å². The highest BCUT2D eigenvalue weighted by molar-refractivity contribution is 7.99. The minimum Gasteiger partial charge on any atom is -0.353 e. The second-order valence-electron chi connectivity index (χ2n) is 8.83. The smallest absolute Gasteiger partial charge is 0.220 e. The van der Waals surface area contributed by atoms with Crippen molar-refractivity contribution in [1.82, 2.24) is 5.32 Å². The van der Waals surface area contributed by atoms with Crippen LogP contribution in [0.25, 0.3) is 0 Å². The van der Waals surface area contributed by atoms with E-state index in [1.807, 2.05) is 17.8 Å². The third-order valence-corrected chi connectivity index (χ3v) is 8.04. The third-order valence-electron chi connectivity index (χ3n) is 6.94. The molecule has 1 atom stereocenters. The summed E-state index contributed by atoms with van der Waals surface area (Å²) in [7, 11) is 0. The van der Waals surface area contributed by atoms with E-state index in [4.69, 9.17) is 0 Å². The zero-order valence-electron chi connectivity index (χ0n) is 15.4. The number of carbonyl (C=O) groups excluding carboxylic acids is 1. The summed E-state index contributed by atoms with van der Waals surface area (Å²) in [4.78, 5) is 13.7. The van der Waals surface area contributed by atoms with E-state index in [1.54, 1.807) is 0 Å². The molecule has 0 saturated heterocycles. The van der Waals surface area contributed by atoms with E-state index in [0.29, 0.717) is 17.9 Å². The van der Waals surface area contributed by atoms with Gasteiger partial charge >= 0.3 is 0 Å². The predicted molar refractivity (Wildman–Crippen MR) is 105 cm³/mol. The van der Waals surface area contributed by atoms with Crippen molar-refractivity contribution < 1.29 is 4.79 Å². The summed E-state index contributed by atoms with van der Waals surface area (Å²) in [6.07, 6.45) is 10.1. The fourth-order valence-corrected chi connectivity index (χ4v) is 6.99. The fourth-order valence-electron chi connectivity index (χ4n) is 6.11. The molecule has 0 aliphatic heterocycles. The van der Waals surface area contributed by atoms with Crippen LogP contribution < -0.4 is 5.32 Å². The van der Waals surface area contributed by atoms with E-state index >= 15 is 0 Å². The molecule has 1 aromatic rings. The van der Waals surface area contributed by atoms with Crippen molar-refractivity contribution in [2.24, 2.45) is 23.2 Å². The summed E-state index contributed by atoms with van der Waals surface area (Å²) >= 11 is 1.85. The molecule has 0 aromatic heterocycles. The van der Waals surface area contributed by atoms with E-state index < -0.39 is 0 Å². The molecule has 1 aromatic carbocycles. The summed E-state index contributed by atoms with van der Waals surface area (Å²) in [5.74, 6) is 4.13. The van der Waals surface area contributed by atoms with Crippen LogP contribution in [0.3, 0.4) is 0 Å². The molecule has 5 rings (SSSR count). The lowest BCUT2D eigenvalue weighted by Gasteiger charge is -2.59. The maximum atomic E-state index is 12.4. The van der Waals surface area contributed by atoms with Crippen LogP contribution in [0.2, 0.25) is 0 Å². The molecule has 4 fully saturated rings. The van der Waals surface area contributed by atoms with Crippen molar-refractivity contribution in [1.29, 1.82) is 0 Å². The van der Waals surface area contributed by atoms with Gasteiger partial charge in [0.15, 0.2) is 0 Å². The van der Waals surface area contributed by atoms with Gasteiger partial charge in [0.25, 0.3) is 0 Å². The van der Waals surface area contributed by atoms with E-state index in [9.17, 15) is 4.79 Å². The number of carbonyl (C=O) groups is 1. The number of hydrogen-bond donors (Lipinski definition) is 1. The van der Waals surface area contributed by atoms with Crippen LogP contribution in [0.5, 0.6) is 0 Å². The quantitative estimate of drug-likeness (QED) is 0.531. The Morgan fingerprint density at radius 3 is 2.32 bits per heavy atom. The minimum absolute atomic E-state index is 0.261. The first-order valence-electron chi connectivity index (χ1n) is 10.1. The van der Waals surface area contributed by atoms with Gasteiger partial charge in [0.1, 0.15) is 0 Å². The molecule has 4 bridgehead atoms. The number of nitrogens with one attached hydrogen (secondary N) is 1. The first-order valence-corrected chi connectivity index (χ1v) is 11.1. The van der Waals surface area contributed by atoms with Gasteiger partial charge in [-0.2, -0.15) is 0 Å². The van der Waals surface area contributed by atoms with Gasteiger partial charge in [0.05, 0.1) is 0 Å². The highest BCUT2D eigenvalue weighted by Gasteiger charge is 2.53. The number of rotatable bonds is 7. The largest absolute Gasteiger partial charge is 0.353 e. The van der Waals surface area contributed by atoms with Crippen molar-refractivity contribution in [2.75, 3.05) is 5.75 Å². The van der Waals surface area contributed by atoms with Crippen LogP contribution in [-0.2, 0) is 4.79 Å². The second kappa shape index (κ2) is 7.34. The van der Waals surface area contributed by atoms with Gasteiger partial charge in [-0.05, 0) is 92.9 Å². The molecule has 25 heavy (non-hydrogen) atoms. The molecule has 3 heteroatoms. The summed E-state index contributed by atoms with van der Waals surface area (Å²) in [6, 6.07) is 10.8. The molecule has 0 spiro atoms. The van der Waals surface area contributed by atoms with E-state index in [-0.39, 0.29) is 5.91 Å². The Kier molecular flexibility index (Phi) is 5.13. The molecule has 0 radical (unpaired) electrons. The topological polar surface area (TPSA) is 29.1 Å². The van der Waals surface area contributed by atoms with Gasteiger partial charge in [-0.15, -0.1) is 11.8 Å². The monoisotopic (exact) mass is 357 g/mol. The predicted octanol–water partition coefficient (Wildman–Crippen LogP) is 5.28. The lowest BCUT2D eigenvalue weighted by molar-refractivity contribution is -0.125. The summed E-state index contributed by atoms with van der Waals surface area (Å²) in [5, 5.41) is 3.39. The Bertz CT molecular complexity index is 564. The Morgan fingerprint density at radius 2 is 1.72 bits per heavy atom. The van der Waals surface area contributed by atoms with Gasteiger partial charge in [-0.3, -0.25) is 4.79 Å². The lowest BCUT2D eigenvalue weighted by Crippen LogP contribution is -2.55. The van der Waals surface area contributed by atoms with Crippen molar-refractivity contribution in [3.63, 3.8) is 0 Å². The van der Waals surface area contributed by atoms with Crippen molar-refractivity contribution in [3.05, 3.63) is 30.3 Å². The molecule has 4 saturated carbocycles. The zero-order valence-corrected chi connectivity index (χ0v) is 16.2. The first kappa shape index (κ1) is 17.5. The molecule has 2 nitrogen and oxygen atoms in total. The maximum Gasteiger partial charge on any atom is 0.220 e. The Hall–Kier alpha value is -0.960. The molecule has 136 valence electrons. The summed E-state index contributed by atoms with van der Waals surface area (Å²) in [5.41, 5.74) is 0.420. The molecular formula is C22H31NOS. The van der Waals surface area contributed by atoms with Crippen molar-refractivity contribution in [2.45, 2.75) is 69.2 Å². The number of amides is 1. The highest BCUT2D eigenvalue weighted by atomic mass is 32.2. The fraction of sp³-hybridized carbons (Fsp3) is 0.682. The van der Waals surface area contributed by atoms with Crippen LogP contribution in [0.1, 0.15) is 58.3 Å². The van der Waals surface area contributed by atoms with Gasteiger partial charge in [0.2, 0.25) is 5.91 Å². The third kappa shape index (κ3) is 3.92. The molecule has 1 N–H and O–H groups in total. The van der Waals surface area contributed by atoms with E-state index in [1.165, 1.54) is 43.4 Å². The maximum absolute atomic E-state index is 12.4. The van der Waals surface area contributed by atoms with Crippen LogP contribution in [0.4, 0.5) is 0 Å². The SMILES string of the molecule is C[C@H](NC(=O)CCCSc1ccccc1)C12CC3CC(CC(C3)C1)C2. The number of thioether (sulfide) groups is 1. The Balaban J connectivity index is 1.22. The van der Waals surface area contributed by atoms with E-state index in [0.717, 1.165) is 29.9 Å². The van der Waals surface area contributed by atoms with Gasteiger partial charge in [-0.25, -0.2) is 0 Å². The Labute approximate surface area is 156 Å². The molecule has 0 heterocycles. The number of benzene rings is 1. The average molecular weight is 358 g/mol. The van der Waals surface area contributed by atoms with Crippen LogP contribution >= 0.6 is 11.8 Å². The van der Waals surface area contributed by atoms with Crippen LogP contribution in [-0.4, -0.2) is 17.7 Å². The zero-order chi connectivity index (χ0) is 17.3. The Morgan fingerprint density at radius 1 is 1.12 bits per heavy atom. The minimum atomic E-state index is 0.261. The number of hydrogen-bond acceptors (Lipinski definition) is 2. The van der Waals surface area contributed by atoms with Crippen LogP contribution in [0, 0.1) is 23.2 Å². The van der Waals surface area contributed by atoms with Gasteiger partial charge in [0, 0.05) is 17.4 Å². The lowest BCUT2D eigenvalue weighted by atomic mass is 9.48. The molecule has 1 amide bonds. The average Bonchev–Trinajstić information content (AvgIpc) is 2.58. The first-order chi connectivity index (χ1) is 12.1. The normalized spacial score (nSPS) is 34.0. The second-order valence-corrected chi connectivity index (χ2v) is 10.0. The van der Waals surface area contributed by atoms with Crippen LogP contribution in [0.15, 0.2) is 35.2 Å². The summed E-state index contributed by atoms with van der Waals surface area (Å²) in [6.45, 7) is 2.28. The molecular weight excluding hydrogens is 326 g/mol. The van der Waals surface area contributed by atoms with Gasteiger partial charge < -0.3 is 5.32 Å². The van der Waals surface area contributed by atoms with E-state index in [2.05, 4.69) is 36.5 Å². The standard InChI is InChI=1S/C22H31NOS/c1-16(22-13-17-10-18(14-22)12-19(11-17)15-22)23-21(24)8-5-9-25-20-6-3-2-4-7-20/h2-4,6-7,16-19H,5,8-15H2,1H3,(H,23,24)/t16-,17?,18?,19?,22?/m0/s1. The summed E-state index contributed by atoms with van der Waals surface area (Å²) < 4.78 is 0. The van der Waals surface area contributed by atoms with Crippen molar-refractivity contribution in [3.8, 4) is 0 Å². The molecule has 0 unspecified atom stereocenters. The highest BCUT2D eigenvalue weighted by Crippen LogP contribution is 2.61. The molecule has 4 aliphatic rings. The van der Waals surface area contributed by atoms with Crippen molar-refractivity contribution >= 4 is 17.7 Å². The molecule has 4 aliphatic carbocycles.